The molecule has 2 N–H and O–H groups in total. The van der Waals surface area contributed by atoms with Gasteiger partial charge in [0.05, 0.1) is 12.5 Å². The number of carboxylic acid groups (broad SMARTS) is 1. The Morgan fingerprint density at radius 1 is 1.20 bits per heavy atom. The normalized spacial score (nSPS) is 12.7. The number of aliphatic carboxylic acids is 1. The summed E-state index contributed by atoms with van der Waals surface area (Å²) >= 11 is 0. The summed E-state index contributed by atoms with van der Waals surface area (Å²) in [7, 11) is 0. The lowest BCUT2D eigenvalue weighted by atomic mass is 10.0. The number of unbranched alkanes of at least 4 members (excludes halogenated alkanes) is 5. The summed E-state index contributed by atoms with van der Waals surface area (Å²) in [5.74, 6) is -0.947. The molecule has 15 heavy (non-hydrogen) atoms. The van der Waals surface area contributed by atoms with Crippen LogP contribution in [0.2, 0.25) is 0 Å². The van der Waals surface area contributed by atoms with E-state index in [1.807, 2.05) is 0 Å². The molecule has 89 valence electrons. The number of hydrogen-bond donors (Lipinski definition) is 2. The highest BCUT2D eigenvalue weighted by molar-refractivity contribution is 5.76. The van der Waals surface area contributed by atoms with Crippen molar-refractivity contribution in [3.63, 3.8) is 0 Å². The molecule has 0 spiro atoms. The van der Waals surface area contributed by atoms with Crippen LogP contribution >= 0.6 is 0 Å². The maximum Gasteiger partial charge on any atom is 0.307 e. The zero-order chi connectivity index (χ0) is 11.5. The number of aliphatic hydroxyl groups is 1. The second-order valence-corrected chi connectivity index (χ2v) is 3.99. The average Bonchev–Trinajstić information content (AvgIpc) is 2.20. The van der Waals surface area contributed by atoms with Crippen LogP contribution in [0.15, 0.2) is 0 Å². The van der Waals surface area contributed by atoms with E-state index in [-0.39, 0.29) is 6.42 Å². The second kappa shape index (κ2) is 9.97. The van der Waals surface area contributed by atoms with Gasteiger partial charge in [-0.1, -0.05) is 45.4 Å². The zero-order valence-corrected chi connectivity index (χ0v) is 9.61. The lowest BCUT2D eigenvalue weighted by molar-refractivity contribution is -0.133. The van der Waals surface area contributed by atoms with Crippen LogP contribution < -0.4 is 0 Å². The Kier molecular flexibility index (Phi) is 9.59. The van der Waals surface area contributed by atoms with Gasteiger partial charge in [-0.25, -0.2) is 0 Å². The molecule has 0 aromatic rings. The number of carbonyl (C=O) groups is 1. The SMILES string of the molecule is CCCCCCCCC(O)C[CH]C(=O)O. The third-order valence-corrected chi connectivity index (χ3v) is 2.46. The summed E-state index contributed by atoms with van der Waals surface area (Å²) in [4.78, 5) is 10.2. The van der Waals surface area contributed by atoms with Crippen LogP contribution in [-0.4, -0.2) is 22.3 Å². The topological polar surface area (TPSA) is 57.5 Å². The minimum absolute atomic E-state index is 0.268. The van der Waals surface area contributed by atoms with Crippen LogP contribution in [0.5, 0.6) is 0 Å². The molecular formula is C12H23O3. The molecule has 0 aromatic heterocycles. The molecule has 0 aliphatic heterocycles. The number of carboxylic acids is 1. The molecular weight excluding hydrogens is 192 g/mol. The zero-order valence-electron chi connectivity index (χ0n) is 9.61. The van der Waals surface area contributed by atoms with E-state index >= 15 is 0 Å². The lowest BCUT2D eigenvalue weighted by Crippen LogP contribution is -2.09. The summed E-state index contributed by atoms with van der Waals surface area (Å²) in [6, 6.07) is 0. The smallest absolute Gasteiger partial charge is 0.307 e. The Balaban J connectivity index is 3.16. The number of rotatable bonds is 10. The molecule has 0 saturated heterocycles. The molecule has 0 heterocycles. The maximum absolute atomic E-state index is 10.2. The summed E-state index contributed by atoms with van der Waals surface area (Å²) in [6.07, 6.45) is 8.81. The van der Waals surface area contributed by atoms with Crippen LogP contribution in [0, 0.1) is 6.42 Å². The van der Waals surface area contributed by atoms with E-state index < -0.39 is 12.1 Å². The summed E-state index contributed by atoms with van der Waals surface area (Å²) in [6.45, 7) is 2.19. The second-order valence-electron chi connectivity index (χ2n) is 3.99. The monoisotopic (exact) mass is 215 g/mol. The first-order valence-corrected chi connectivity index (χ1v) is 5.91. The van der Waals surface area contributed by atoms with Crippen LogP contribution in [0.25, 0.3) is 0 Å². The molecule has 0 amide bonds. The third kappa shape index (κ3) is 11.4. The minimum Gasteiger partial charge on any atom is -0.481 e. The summed E-state index contributed by atoms with van der Waals surface area (Å²) < 4.78 is 0. The van der Waals surface area contributed by atoms with E-state index in [2.05, 4.69) is 6.92 Å². The Labute approximate surface area is 92.5 Å². The van der Waals surface area contributed by atoms with Crippen molar-refractivity contribution < 1.29 is 15.0 Å². The van der Waals surface area contributed by atoms with Gasteiger partial charge in [0.25, 0.3) is 0 Å². The third-order valence-electron chi connectivity index (χ3n) is 2.46. The van der Waals surface area contributed by atoms with Gasteiger partial charge in [-0.15, -0.1) is 0 Å². The van der Waals surface area contributed by atoms with E-state index in [0.29, 0.717) is 0 Å². The molecule has 0 fully saturated rings. The van der Waals surface area contributed by atoms with Gasteiger partial charge in [-0.3, -0.25) is 4.79 Å². The highest BCUT2D eigenvalue weighted by atomic mass is 16.4. The molecule has 0 aromatic carbocycles. The molecule has 3 heteroatoms. The van der Waals surface area contributed by atoms with E-state index in [1.54, 1.807) is 0 Å². The van der Waals surface area contributed by atoms with Gasteiger partial charge >= 0.3 is 5.97 Å². The summed E-state index contributed by atoms with van der Waals surface area (Å²) in [5.41, 5.74) is 0. The van der Waals surface area contributed by atoms with Crippen molar-refractivity contribution in [3.8, 4) is 0 Å². The fourth-order valence-corrected chi connectivity index (χ4v) is 1.51. The molecule has 3 nitrogen and oxygen atoms in total. The highest BCUT2D eigenvalue weighted by Crippen LogP contribution is 2.10. The molecule has 0 aliphatic rings. The van der Waals surface area contributed by atoms with E-state index in [9.17, 15) is 9.90 Å². The lowest BCUT2D eigenvalue weighted by Gasteiger charge is -2.08. The van der Waals surface area contributed by atoms with Gasteiger partial charge < -0.3 is 10.2 Å². The predicted octanol–water partition coefficient (Wildman–Crippen LogP) is 2.78. The largest absolute Gasteiger partial charge is 0.481 e. The van der Waals surface area contributed by atoms with Gasteiger partial charge in [0.1, 0.15) is 0 Å². The first-order valence-electron chi connectivity index (χ1n) is 5.91. The van der Waals surface area contributed by atoms with Crippen molar-refractivity contribution in [1.82, 2.24) is 0 Å². The van der Waals surface area contributed by atoms with Crippen molar-refractivity contribution in [2.75, 3.05) is 0 Å². The molecule has 1 atom stereocenters. The summed E-state index contributed by atoms with van der Waals surface area (Å²) in [5, 5.41) is 17.8. The molecule has 1 radical (unpaired) electrons. The van der Waals surface area contributed by atoms with Crippen molar-refractivity contribution in [1.29, 1.82) is 0 Å². The predicted molar refractivity (Wildman–Crippen MR) is 60.6 cm³/mol. The Morgan fingerprint density at radius 2 is 1.80 bits per heavy atom. The Hall–Kier alpha value is -0.570. The Bertz CT molecular complexity index is 157. The fraction of sp³-hybridized carbons (Fsp3) is 0.833. The highest BCUT2D eigenvalue weighted by Gasteiger charge is 2.06. The van der Waals surface area contributed by atoms with E-state index in [1.165, 1.54) is 25.7 Å². The first-order chi connectivity index (χ1) is 7.16. The minimum atomic E-state index is -0.947. The molecule has 0 bridgehead atoms. The van der Waals surface area contributed by atoms with Crippen molar-refractivity contribution in [3.05, 3.63) is 6.42 Å². The van der Waals surface area contributed by atoms with Gasteiger partial charge in [0.2, 0.25) is 0 Å². The van der Waals surface area contributed by atoms with Crippen LogP contribution in [0.1, 0.15) is 58.3 Å². The quantitative estimate of drug-likeness (QED) is 0.551. The van der Waals surface area contributed by atoms with E-state index in [0.717, 1.165) is 25.7 Å². The first kappa shape index (κ1) is 14.4. The van der Waals surface area contributed by atoms with Crippen molar-refractivity contribution in [2.45, 2.75) is 64.4 Å². The van der Waals surface area contributed by atoms with Gasteiger partial charge in [-0.2, -0.15) is 0 Å². The van der Waals surface area contributed by atoms with E-state index in [4.69, 9.17) is 5.11 Å². The molecule has 1 unspecified atom stereocenters. The average molecular weight is 215 g/mol. The van der Waals surface area contributed by atoms with Crippen molar-refractivity contribution >= 4 is 5.97 Å². The van der Waals surface area contributed by atoms with Crippen LogP contribution in [0.4, 0.5) is 0 Å². The molecule has 0 rings (SSSR count). The van der Waals surface area contributed by atoms with Gasteiger partial charge in [0, 0.05) is 0 Å². The number of hydrogen-bond acceptors (Lipinski definition) is 2. The molecule has 0 saturated carbocycles. The van der Waals surface area contributed by atoms with Gasteiger partial charge in [-0.05, 0) is 12.8 Å². The van der Waals surface area contributed by atoms with Crippen LogP contribution in [-0.2, 0) is 4.79 Å². The van der Waals surface area contributed by atoms with Gasteiger partial charge in [0.15, 0.2) is 0 Å². The fourth-order valence-electron chi connectivity index (χ4n) is 1.51. The standard InChI is InChI=1S/C12H23O3/c1-2-3-4-5-6-7-8-11(13)9-10-12(14)15/h10-11,13H,2-9H2,1H3,(H,14,15). The van der Waals surface area contributed by atoms with Crippen molar-refractivity contribution in [2.24, 2.45) is 0 Å². The van der Waals surface area contributed by atoms with Crippen LogP contribution in [0.3, 0.4) is 0 Å². The Morgan fingerprint density at radius 3 is 2.40 bits per heavy atom. The maximum atomic E-state index is 10.2. The number of aliphatic hydroxyl groups excluding tert-OH is 1. The molecule has 0 aliphatic carbocycles.